The standard InChI is InChI=1S/C22H20FN3OS2/c23-17-7-5-15(6-8-17)13-28-22-26-18(14-29-22)11-21(27)24-10-9-16-12-25-20-4-2-1-3-19(16)20/h1-8,12,14,25H,9-11,13H2,(H,24,27). The summed E-state index contributed by atoms with van der Waals surface area (Å²) in [5, 5.41) is 6.10. The van der Waals surface area contributed by atoms with Gasteiger partial charge < -0.3 is 10.3 Å². The maximum atomic E-state index is 13.0. The molecule has 4 nitrogen and oxygen atoms in total. The Morgan fingerprint density at radius 1 is 1.17 bits per heavy atom. The lowest BCUT2D eigenvalue weighted by atomic mass is 10.1. The average Bonchev–Trinajstić information content (AvgIpc) is 3.35. The molecule has 7 heteroatoms. The Bertz CT molecular complexity index is 1100. The Labute approximate surface area is 176 Å². The number of aromatic amines is 1. The van der Waals surface area contributed by atoms with E-state index in [0.29, 0.717) is 6.54 Å². The molecule has 0 aliphatic carbocycles. The highest BCUT2D eigenvalue weighted by Gasteiger charge is 2.09. The van der Waals surface area contributed by atoms with Crippen LogP contribution in [0, 0.1) is 5.82 Å². The van der Waals surface area contributed by atoms with E-state index in [9.17, 15) is 9.18 Å². The third kappa shape index (κ3) is 5.25. The number of para-hydroxylation sites is 1. The molecule has 0 saturated heterocycles. The van der Waals surface area contributed by atoms with Crippen LogP contribution in [0.4, 0.5) is 4.39 Å². The van der Waals surface area contributed by atoms with Gasteiger partial charge in [0.1, 0.15) is 10.2 Å². The fraction of sp³-hybridized carbons (Fsp3) is 0.182. The second-order valence-corrected chi connectivity index (χ2v) is 8.74. The molecule has 4 aromatic rings. The third-order valence-corrected chi connectivity index (χ3v) is 6.68. The summed E-state index contributed by atoms with van der Waals surface area (Å²) in [6.45, 7) is 0.594. The van der Waals surface area contributed by atoms with Crippen LogP contribution in [0.15, 0.2) is 64.4 Å². The number of fused-ring (bicyclic) bond motifs is 1. The van der Waals surface area contributed by atoms with E-state index in [1.807, 2.05) is 29.8 Å². The molecule has 0 spiro atoms. The minimum Gasteiger partial charge on any atom is -0.361 e. The van der Waals surface area contributed by atoms with Gasteiger partial charge in [-0.2, -0.15) is 0 Å². The SMILES string of the molecule is O=C(Cc1csc(SCc2ccc(F)cc2)n1)NCCc1c[nH]c2ccccc12. The quantitative estimate of drug-likeness (QED) is 0.393. The first-order valence-electron chi connectivity index (χ1n) is 9.31. The number of aromatic nitrogens is 2. The number of carbonyl (C=O) groups is 1. The predicted octanol–water partition coefficient (Wildman–Crippen LogP) is 4.96. The van der Waals surface area contributed by atoms with Crippen LogP contribution in [0.5, 0.6) is 0 Å². The van der Waals surface area contributed by atoms with Crippen LogP contribution in [0.1, 0.15) is 16.8 Å². The Balaban J connectivity index is 1.23. The number of H-pyrrole nitrogens is 1. The van der Waals surface area contributed by atoms with Crippen LogP contribution in [0.25, 0.3) is 10.9 Å². The van der Waals surface area contributed by atoms with Crippen molar-refractivity contribution in [1.29, 1.82) is 0 Å². The molecule has 0 bridgehead atoms. The van der Waals surface area contributed by atoms with Crippen LogP contribution < -0.4 is 5.32 Å². The van der Waals surface area contributed by atoms with Gasteiger partial charge in [0, 0.05) is 34.8 Å². The molecule has 29 heavy (non-hydrogen) atoms. The Hall–Kier alpha value is -2.64. The fourth-order valence-electron chi connectivity index (χ4n) is 3.06. The van der Waals surface area contributed by atoms with Crippen molar-refractivity contribution in [2.24, 2.45) is 0 Å². The van der Waals surface area contributed by atoms with E-state index in [-0.39, 0.29) is 18.1 Å². The normalized spacial score (nSPS) is 11.1. The predicted molar refractivity (Wildman–Crippen MR) is 117 cm³/mol. The average molecular weight is 426 g/mol. The molecule has 148 valence electrons. The molecule has 2 heterocycles. The van der Waals surface area contributed by atoms with Gasteiger partial charge in [0.25, 0.3) is 0 Å². The molecule has 0 atom stereocenters. The second-order valence-electron chi connectivity index (χ2n) is 6.66. The Morgan fingerprint density at radius 2 is 2.00 bits per heavy atom. The first kappa shape index (κ1) is 19.7. The van der Waals surface area contributed by atoms with Gasteiger partial charge in [0.05, 0.1) is 12.1 Å². The van der Waals surface area contributed by atoms with Crippen LogP contribution in [-0.2, 0) is 23.4 Å². The van der Waals surface area contributed by atoms with Crippen LogP contribution in [0.2, 0.25) is 0 Å². The summed E-state index contributed by atoms with van der Waals surface area (Å²) in [6.07, 6.45) is 3.06. The van der Waals surface area contributed by atoms with E-state index in [0.717, 1.165) is 33.3 Å². The summed E-state index contributed by atoms with van der Waals surface area (Å²) >= 11 is 3.13. The summed E-state index contributed by atoms with van der Waals surface area (Å²) in [7, 11) is 0. The van der Waals surface area contributed by atoms with E-state index in [1.165, 1.54) is 34.4 Å². The highest BCUT2D eigenvalue weighted by Crippen LogP contribution is 2.26. The number of rotatable bonds is 8. The molecule has 2 aromatic carbocycles. The summed E-state index contributed by atoms with van der Waals surface area (Å²) in [6, 6.07) is 14.6. The van der Waals surface area contributed by atoms with Gasteiger partial charge in [-0.3, -0.25) is 4.79 Å². The molecule has 0 radical (unpaired) electrons. The summed E-state index contributed by atoms with van der Waals surface area (Å²) in [4.78, 5) is 20.0. The van der Waals surface area contributed by atoms with Crippen LogP contribution >= 0.6 is 23.1 Å². The number of hydrogen-bond acceptors (Lipinski definition) is 4. The Kier molecular flexibility index (Phi) is 6.27. The van der Waals surface area contributed by atoms with E-state index in [2.05, 4.69) is 21.4 Å². The monoisotopic (exact) mass is 425 g/mol. The fourth-order valence-corrected chi connectivity index (χ4v) is 4.86. The van der Waals surface area contributed by atoms with Gasteiger partial charge in [-0.15, -0.1) is 11.3 Å². The number of carbonyl (C=O) groups excluding carboxylic acids is 1. The van der Waals surface area contributed by atoms with Crippen LogP contribution in [-0.4, -0.2) is 22.4 Å². The number of benzene rings is 2. The highest BCUT2D eigenvalue weighted by atomic mass is 32.2. The number of hydrogen-bond donors (Lipinski definition) is 2. The van der Waals surface area contributed by atoms with Gasteiger partial charge in [-0.25, -0.2) is 9.37 Å². The van der Waals surface area contributed by atoms with Gasteiger partial charge >= 0.3 is 0 Å². The molecule has 0 saturated carbocycles. The molecule has 2 aromatic heterocycles. The van der Waals surface area contributed by atoms with Crippen molar-refractivity contribution >= 4 is 39.9 Å². The lowest BCUT2D eigenvalue weighted by Crippen LogP contribution is -2.27. The molecule has 1 amide bonds. The maximum absolute atomic E-state index is 13.0. The number of nitrogens with one attached hydrogen (secondary N) is 2. The molecule has 2 N–H and O–H groups in total. The number of thiazole rings is 1. The van der Waals surface area contributed by atoms with Crippen molar-refractivity contribution in [2.75, 3.05) is 6.54 Å². The van der Waals surface area contributed by atoms with Gasteiger partial charge in [0.15, 0.2) is 0 Å². The lowest BCUT2D eigenvalue weighted by Gasteiger charge is -2.03. The summed E-state index contributed by atoms with van der Waals surface area (Å²) < 4.78 is 13.9. The van der Waals surface area contributed by atoms with E-state index < -0.39 is 0 Å². The van der Waals surface area contributed by atoms with E-state index >= 15 is 0 Å². The number of amides is 1. The first-order chi connectivity index (χ1) is 14.2. The molecular formula is C22H20FN3OS2. The van der Waals surface area contributed by atoms with Crippen molar-refractivity contribution in [3.8, 4) is 0 Å². The molecule has 4 rings (SSSR count). The summed E-state index contributed by atoms with van der Waals surface area (Å²) in [5.74, 6) is 0.473. The minimum absolute atomic E-state index is 0.0229. The largest absolute Gasteiger partial charge is 0.361 e. The summed E-state index contributed by atoms with van der Waals surface area (Å²) in [5.41, 5.74) is 4.14. The molecule has 0 unspecified atom stereocenters. The zero-order valence-corrected chi connectivity index (χ0v) is 17.3. The van der Waals surface area contributed by atoms with Crippen molar-refractivity contribution in [3.63, 3.8) is 0 Å². The zero-order valence-electron chi connectivity index (χ0n) is 15.7. The van der Waals surface area contributed by atoms with Crippen molar-refractivity contribution in [3.05, 3.63) is 82.7 Å². The Morgan fingerprint density at radius 3 is 2.86 bits per heavy atom. The van der Waals surface area contributed by atoms with Crippen molar-refractivity contribution in [2.45, 2.75) is 22.9 Å². The molecule has 0 aliphatic rings. The van der Waals surface area contributed by atoms with Gasteiger partial charge in [-0.1, -0.05) is 42.1 Å². The highest BCUT2D eigenvalue weighted by molar-refractivity contribution is 8.00. The number of halogens is 1. The first-order valence-corrected chi connectivity index (χ1v) is 11.2. The minimum atomic E-state index is -0.231. The second kappa shape index (κ2) is 9.24. The third-order valence-electron chi connectivity index (χ3n) is 4.54. The van der Waals surface area contributed by atoms with Crippen molar-refractivity contribution in [1.82, 2.24) is 15.3 Å². The topological polar surface area (TPSA) is 57.8 Å². The molecule has 0 fully saturated rings. The lowest BCUT2D eigenvalue weighted by molar-refractivity contribution is -0.120. The van der Waals surface area contributed by atoms with Gasteiger partial charge in [-0.05, 0) is 35.7 Å². The van der Waals surface area contributed by atoms with Crippen LogP contribution in [0.3, 0.4) is 0 Å². The number of thioether (sulfide) groups is 1. The molecule has 0 aliphatic heterocycles. The molecular weight excluding hydrogens is 405 g/mol. The number of nitrogens with zero attached hydrogens (tertiary/aromatic N) is 1. The maximum Gasteiger partial charge on any atom is 0.226 e. The van der Waals surface area contributed by atoms with E-state index in [4.69, 9.17) is 0 Å². The zero-order chi connectivity index (χ0) is 20.1. The smallest absolute Gasteiger partial charge is 0.226 e. The van der Waals surface area contributed by atoms with E-state index in [1.54, 1.807) is 23.9 Å². The van der Waals surface area contributed by atoms with Crippen molar-refractivity contribution < 1.29 is 9.18 Å². The van der Waals surface area contributed by atoms with Gasteiger partial charge in [0.2, 0.25) is 5.91 Å².